The Bertz CT molecular complexity index is 1540. The van der Waals surface area contributed by atoms with Crippen LogP contribution in [0.1, 0.15) is 63.9 Å². The quantitative estimate of drug-likeness (QED) is 0.196. The molecule has 1 spiro atoms. The highest BCUT2D eigenvalue weighted by Crippen LogP contribution is 2.61. The van der Waals surface area contributed by atoms with Gasteiger partial charge in [-0.25, -0.2) is 4.79 Å². The van der Waals surface area contributed by atoms with E-state index in [0.717, 1.165) is 0 Å². The molecule has 0 bridgehead atoms. The molecule has 2 heterocycles. The first-order valence-electron chi connectivity index (χ1n) is 11.7. The van der Waals surface area contributed by atoms with Crippen LogP contribution < -0.4 is 4.74 Å². The second-order valence-corrected chi connectivity index (χ2v) is 10.8. The zero-order chi connectivity index (χ0) is 27.5. The topological polar surface area (TPSA) is 113 Å². The number of fused-ring (bicyclic) bond motifs is 6. The number of carboxylic acid groups (broad SMARTS) is 1. The summed E-state index contributed by atoms with van der Waals surface area (Å²) in [4.78, 5) is 24.0. The van der Waals surface area contributed by atoms with Gasteiger partial charge in [-0.3, -0.25) is 4.79 Å². The van der Waals surface area contributed by atoms with Crippen molar-refractivity contribution in [2.24, 2.45) is 0 Å². The van der Waals surface area contributed by atoms with Crippen LogP contribution in [-0.4, -0.2) is 27.3 Å². The average Bonchev–Trinajstić information content (AvgIpc) is 3.13. The van der Waals surface area contributed by atoms with Crippen LogP contribution >= 0.6 is 46.4 Å². The predicted molar refractivity (Wildman–Crippen MR) is 143 cm³/mol. The van der Waals surface area contributed by atoms with Crippen LogP contribution in [0.4, 0.5) is 0 Å². The maximum atomic E-state index is 13.2. The number of rotatable bonds is 6. The van der Waals surface area contributed by atoms with E-state index in [-0.39, 0.29) is 60.6 Å². The number of carbonyl (C=O) groups is 2. The number of benzene rings is 3. The zero-order valence-electron chi connectivity index (χ0n) is 19.8. The molecule has 0 aromatic heterocycles. The average molecular weight is 598 g/mol. The van der Waals surface area contributed by atoms with Crippen molar-refractivity contribution in [3.05, 3.63) is 77.7 Å². The van der Waals surface area contributed by atoms with E-state index in [0.29, 0.717) is 47.9 Å². The molecule has 0 saturated heterocycles. The third-order valence-electron chi connectivity index (χ3n) is 6.92. The molecule has 3 aromatic rings. The van der Waals surface area contributed by atoms with Crippen LogP contribution in [-0.2, 0) is 21.6 Å². The minimum atomic E-state index is -1.62. The number of hydrogen-bond donors (Lipinski definition) is 3. The molecule has 0 aliphatic carbocycles. The summed E-state index contributed by atoms with van der Waals surface area (Å²) in [6.07, 6.45) is 2.11. The Morgan fingerprint density at radius 1 is 0.868 bits per heavy atom. The van der Waals surface area contributed by atoms with Gasteiger partial charge in [0.05, 0.1) is 20.6 Å². The van der Waals surface area contributed by atoms with Gasteiger partial charge in [-0.15, -0.1) is 0 Å². The summed E-state index contributed by atoms with van der Waals surface area (Å²) in [6, 6.07) is 6.06. The van der Waals surface area contributed by atoms with Crippen LogP contribution in [0.5, 0.6) is 23.0 Å². The number of phenolic OH excluding ortho intramolecular Hbond substituents is 2. The summed E-state index contributed by atoms with van der Waals surface area (Å²) in [5.41, 5.74) is 0.338. The monoisotopic (exact) mass is 596 g/mol. The van der Waals surface area contributed by atoms with Gasteiger partial charge >= 0.3 is 11.9 Å². The van der Waals surface area contributed by atoms with E-state index >= 15 is 0 Å². The Balaban J connectivity index is 1.75. The van der Waals surface area contributed by atoms with Crippen LogP contribution in [0, 0.1) is 6.92 Å². The van der Waals surface area contributed by atoms with Gasteiger partial charge < -0.3 is 24.8 Å². The van der Waals surface area contributed by atoms with Crippen molar-refractivity contribution >= 4 is 58.3 Å². The number of unbranched alkanes of at least 4 members (excludes halogenated alkanes) is 2. The summed E-state index contributed by atoms with van der Waals surface area (Å²) >= 11 is 25.6. The second kappa shape index (κ2) is 9.72. The predicted octanol–water partition coefficient (Wildman–Crippen LogP) is 7.78. The van der Waals surface area contributed by atoms with Crippen molar-refractivity contribution in [2.45, 2.75) is 44.6 Å². The molecule has 5 rings (SSSR count). The fourth-order valence-corrected chi connectivity index (χ4v) is 5.88. The van der Waals surface area contributed by atoms with E-state index in [2.05, 4.69) is 0 Å². The number of carbonyl (C=O) groups excluding carboxylic acids is 1. The van der Waals surface area contributed by atoms with Crippen LogP contribution in [0.25, 0.3) is 0 Å². The van der Waals surface area contributed by atoms with Crippen molar-refractivity contribution in [1.82, 2.24) is 0 Å². The lowest BCUT2D eigenvalue weighted by atomic mass is 9.76. The summed E-state index contributed by atoms with van der Waals surface area (Å²) in [6.45, 7) is 1.59. The number of aromatic hydroxyl groups is 2. The number of halogens is 4. The van der Waals surface area contributed by atoms with Crippen LogP contribution in [0.3, 0.4) is 0 Å². The van der Waals surface area contributed by atoms with Crippen molar-refractivity contribution in [1.29, 1.82) is 0 Å². The SMILES string of the molecule is Cc1c(O)c(Cl)cc2c1Oc1c(cc(CCCCCC(=O)O)c(O)c1Cl)C21OC(=O)c2cc(Cl)c(Cl)cc21. The van der Waals surface area contributed by atoms with E-state index < -0.39 is 17.5 Å². The Hall–Kier alpha value is -2.84. The molecular formula is C27H20Cl4O7. The molecule has 0 saturated carbocycles. The lowest BCUT2D eigenvalue weighted by Gasteiger charge is -2.38. The second-order valence-electron chi connectivity index (χ2n) is 9.22. The Morgan fingerprint density at radius 2 is 1.53 bits per heavy atom. The Kier molecular flexibility index (Phi) is 6.84. The fraction of sp³-hybridized carbons (Fsp3) is 0.259. The number of aliphatic carboxylic acids is 1. The molecule has 7 nitrogen and oxygen atoms in total. The largest absolute Gasteiger partial charge is 0.506 e. The lowest BCUT2D eigenvalue weighted by molar-refractivity contribution is -0.137. The minimum absolute atomic E-state index is 0.0146. The molecule has 38 heavy (non-hydrogen) atoms. The van der Waals surface area contributed by atoms with E-state index in [1.54, 1.807) is 13.0 Å². The molecular weight excluding hydrogens is 578 g/mol. The van der Waals surface area contributed by atoms with Gasteiger partial charge in [-0.2, -0.15) is 0 Å². The smallest absolute Gasteiger partial charge is 0.340 e. The molecule has 1 unspecified atom stereocenters. The van der Waals surface area contributed by atoms with E-state index in [1.165, 1.54) is 18.2 Å². The van der Waals surface area contributed by atoms with E-state index in [4.69, 9.17) is 61.0 Å². The molecule has 0 amide bonds. The molecule has 3 N–H and O–H groups in total. The third-order valence-corrected chi connectivity index (χ3v) is 8.28. The third kappa shape index (κ3) is 4.04. The first kappa shape index (κ1) is 26.8. The number of hydrogen-bond acceptors (Lipinski definition) is 6. The van der Waals surface area contributed by atoms with Crippen molar-refractivity contribution in [3.8, 4) is 23.0 Å². The normalized spacial score (nSPS) is 17.0. The van der Waals surface area contributed by atoms with Crippen molar-refractivity contribution in [2.75, 3.05) is 0 Å². The number of phenols is 2. The Labute approximate surface area is 237 Å². The van der Waals surface area contributed by atoms with Gasteiger partial charge in [-0.1, -0.05) is 52.8 Å². The van der Waals surface area contributed by atoms with E-state index in [1.807, 2.05) is 0 Å². The first-order valence-corrected chi connectivity index (χ1v) is 13.2. The number of esters is 1. The highest BCUT2D eigenvalue weighted by Gasteiger charge is 2.55. The van der Waals surface area contributed by atoms with Crippen LogP contribution in [0.15, 0.2) is 24.3 Å². The Morgan fingerprint density at radius 3 is 2.24 bits per heavy atom. The highest BCUT2D eigenvalue weighted by molar-refractivity contribution is 6.42. The summed E-state index contributed by atoms with van der Waals surface area (Å²) in [7, 11) is 0. The minimum Gasteiger partial charge on any atom is -0.506 e. The summed E-state index contributed by atoms with van der Waals surface area (Å²) in [5.74, 6) is -1.77. The van der Waals surface area contributed by atoms with Crippen molar-refractivity contribution < 1.29 is 34.4 Å². The molecule has 11 heteroatoms. The van der Waals surface area contributed by atoms with Gasteiger partial charge in [0, 0.05) is 28.7 Å². The maximum absolute atomic E-state index is 13.2. The van der Waals surface area contributed by atoms with E-state index in [9.17, 15) is 19.8 Å². The molecule has 0 fully saturated rings. The lowest BCUT2D eigenvalue weighted by Crippen LogP contribution is -2.33. The number of carboxylic acids is 1. The highest BCUT2D eigenvalue weighted by atomic mass is 35.5. The standard InChI is InChI=1S/C27H20Cl4O7/c1-11-22(34)19(30)10-16-24(11)37-25-15(7-12(23(35)21(25)31)5-3-2-4-6-20(32)33)27(16)14-9-18(29)17(28)8-13(14)26(36)38-27/h7-10,34-35H,2-6H2,1H3,(H,32,33). The summed E-state index contributed by atoms with van der Waals surface area (Å²) in [5, 5.41) is 30.6. The number of aryl methyl sites for hydroxylation is 1. The zero-order valence-corrected chi connectivity index (χ0v) is 22.9. The van der Waals surface area contributed by atoms with Crippen molar-refractivity contribution in [3.63, 3.8) is 0 Å². The van der Waals surface area contributed by atoms with Gasteiger partial charge in [0.2, 0.25) is 0 Å². The van der Waals surface area contributed by atoms with Gasteiger partial charge in [0.1, 0.15) is 22.3 Å². The van der Waals surface area contributed by atoms with Gasteiger partial charge in [0.25, 0.3) is 0 Å². The molecule has 1 atom stereocenters. The molecule has 3 aromatic carbocycles. The summed E-state index contributed by atoms with van der Waals surface area (Å²) < 4.78 is 12.3. The van der Waals surface area contributed by atoms with Gasteiger partial charge in [-0.05, 0) is 56.0 Å². The molecule has 0 radical (unpaired) electrons. The maximum Gasteiger partial charge on any atom is 0.340 e. The van der Waals surface area contributed by atoms with Crippen LogP contribution in [0.2, 0.25) is 20.1 Å². The molecule has 2 aliphatic heterocycles. The molecule has 198 valence electrons. The molecule has 2 aliphatic rings. The first-order chi connectivity index (χ1) is 18.0. The number of ether oxygens (including phenoxy) is 2. The fourth-order valence-electron chi connectivity index (χ4n) is 5.04. The van der Waals surface area contributed by atoms with Gasteiger partial charge in [0.15, 0.2) is 11.4 Å².